The molecule has 0 aromatic heterocycles. The number of nitro groups is 1. The fourth-order valence-corrected chi connectivity index (χ4v) is 3.83. The number of nitro benzene ring substituents is 1. The largest absolute Gasteiger partial charge is 0.270 e. The first kappa shape index (κ1) is 14.9. The fourth-order valence-electron chi connectivity index (χ4n) is 2.22. The molecule has 8 heteroatoms. The molecule has 1 aliphatic heterocycles. The van der Waals surface area contributed by atoms with Gasteiger partial charge in [-0.05, 0) is 18.9 Å². The van der Waals surface area contributed by atoms with Crippen LogP contribution in [-0.4, -0.2) is 30.7 Å². The predicted molar refractivity (Wildman–Crippen MR) is 70.3 cm³/mol. The second kappa shape index (κ2) is 5.84. The predicted octanol–water partition coefficient (Wildman–Crippen LogP) is 2.30. The first-order valence-corrected chi connectivity index (χ1v) is 7.81. The standard InChI is InChI=1S/C12H15FN2O4S/c13-11-6-5-10(15(16)17)9-12(11)20(18,19)14-7-3-1-2-4-8-14/h5-6,9H,1-4,7-8H2. The molecule has 0 aliphatic carbocycles. The first-order valence-electron chi connectivity index (χ1n) is 6.37. The van der Waals surface area contributed by atoms with Gasteiger partial charge in [0.25, 0.3) is 5.69 Å². The molecule has 20 heavy (non-hydrogen) atoms. The molecule has 1 aromatic rings. The number of hydrogen-bond donors (Lipinski definition) is 0. The van der Waals surface area contributed by atoms with Gasteiger partial charge in [-0.1, -0.05) is 12.8 Å². The molecule has 0 unspecified atom stereocenters. The smallest absolute Gasteiger partial charge is 0.258 e. The Hall–Kier alpha value is -1.54. The first-order chi connectivity index (χ1) is 9.43. The van der Waals surface area contributed by atoms with Crippen molar-refractivity contribution in [2.45, 2.75) is 30.6 Å². The van der Waals surface area contributed by atoms with Gasteiger partial charge in [-0.3, -0.25) is 10.1 Å². The average molecular weight is 302 g/mol. The lowest BCUT2D eigenvalue weighted by molar-refractivity contribution is -0.385. The Morgan fingerprint density at radius 3 is 2.30 bits per heavy atom. The van der Waals surface area contributed by atoms with E-state index in [9.17, 15) is 22.9 Å². The topological polar surface area (TPSA) is 80.5 Å². The molecule has 1 aromatic carbocycles. The van der Waals surface area contributed by atoms with Crippen molar-refractivity contribution >= 4 is 15.7 Å². The maximum atomic E-state index is 13.8. The van der Waals surface area contributed by atoms with Crippen LogP contribution < -0.4 is 0 Å². The van der Waals surface area contributed by atoms with Crippen molar-refractivity contribution in [1.82, 2.24) is 4.31 Å². The zero-order valence-electron chi connectivity index (χ0n) is 10.8. The molecule has 1 saturated heterocycles. The summed E-state index contributed by atoms with van der Waals surface area (Å²) >= 11 is 0. The second-order valence-corrected chi connectivity index (χ2v) is 6.60. The summed E-state index contributed by atoms with van der Waals surface area (Å²) in [7, 11) is -4.02. The molecule has 1 fully saturated rings. The van der Waals surface area contributed by atoms with Crippen LogP contribution in [0.1, 0.15) is 25.7 Å². The van der Waals surface area contributed by atoms with Gasteiger partial charge in [0.1, 0.15) is 10.7 Å². The molecular weight excluding hydrogens is 287 g/mol. The minimum Gasteiger partial charge on any atom is -0.258 e. The number of nitrogens with zero attached hydrogens (tertiary/aromatic N) is 2. The third-order valence-corrected chi connectivity index (χ3v) is 5.22. The van der Waals surface area contributed by atoms with Crippen molar-refractivity contribution < 1.29 is 17.7 Å². The van der Waals surface area contributed by atoms with Gasteiger partial charge in [-0.25, -0.2) is 12.8 Å². The van der Waals surface area contributed by atoms with Gasteiger partial charge in [-0.15, -0.1) is 0 Å². The van der Waals surface area contributed by atoms with Crippen molar-refractivity contribution in [3.8, 4) is 0 Å². The Morgan fingerprint density at radius 1 is 1.15 bits per heavy atom. The lowest BCUT2D eigenvalue weighted by Crippen LogP contribution is -2.32. The lowest BCUT2D eigenvalue weighted by atomic mass is 10.2. The van der Waals surface area contributed by atoms with Crippen LogP contribution in [0.25, 0.3) is 0 Å². The molecule has 1 aliphatic rings. The molecule has 1 heterocycles. The quantitative estimate of drug-likeness (QED) is 0.634. The van der Waals surface area contributed by atoms with Crippen LogP contribution in [0.3, 0.4) is 0 Å². The summed E-state index contributed by atoms with van der Waals surface area (Å²) in [5, 5.41) is 10.7. The minimum absolute atomic E-state index is 0.324. The summed E-state index contributed by atoms with van der Waals surface area (Å²) in [6.45, 7) is 0.648. The summed E-state index contributed by atoms with van der Waals surface area (Å²) in [6, 6.07) is 2.56. The number of hydrogen-bond acceptors (Lipinski definition) is 4. The number of sulfonamides is 1. The molecule has 2 rings (SSSR count). The van der Waals surface area contributed by atoms with Gasteiger partial charge in [0.2, 0.25) is 10.0 Å². The Labute approximate surface area is 116 Å². The summed E-state index contributed by atoms with van der Waals surface area (Å²) in [4.78, 5) is 9.35. The Morgan fingerprint density at radius 2 is 1.75 bits per heavy atom. The van der Waals surface area contributed by atoms with Crippen molar-refractivity contribution in [2.75, 3.05) is 13.1 Å². The molecule has 0 bridgehead atoms. The highest BCUT2D eigenvalue weighted by Crippen LogP contribution is 2.26. The van der Waals surface area contributed by atoms with E-state index in [1.807, 2.05) is 0 Å². The van der Waals surface area contributed by atoms with Gasteiger partial charge >= 0.3 is 0 Å². The zero-order valence-corrected chi connectivity index (χ0v) is 11.6. The van der Waals surface area contributed by atoms with Crippen LogP contribution in [0.4, 0.5) is 10.1 Å². The van der Waals surface area contributed by atoms with E-state index in [2.05, 4.69) is 0 Å². The number of rotatable bonds is 3. The fraction of sp³-hybridized carbons (Fsp3) is 0.500. The van der Waals surface area contributed by atoms with Crippen LogP contribution in [0.15, 0.2) is 23.1 Å². The van der Waals surface area contributed by atoms with E-state index in [1.54, 1.807) is 0 Å². The Bertz CT molecular complexity index is 610. The van der Waals surface area contributed by atoms with Crippen molar-refractivity contribution in [2.24, 2.45) is 0 Å². The van der Waals surface area contributed by atoms with E-state index in [-0.39, 0.29) is 0 Å². The van der Waals surface area contributed by atoms with Crippen molar-refractivity contribution in [1.29, 1.82) is 0 Å². The van der Waals surface area contributed by atoms with Gasteiger partial charge in [-0.2, -0.15) is 4.31 Å². The highest BCUT2D eigenvalue weighted by molar-refractivity contribution is 7.89. The molecule has 0 radical (unpaired) electrons. The highest BCUT2D eigenvalue weighted by Gasteiger charge is 2.29. The Balaban J connectivity index is 2.42. The molecular formula is C12H15FN2O4S. The van der Waals surface area contributed by atoms with E-state index in [1.165, 1.54) is 4.31 Å². The third kappa shape index (κ3) is 2.96. The van der Waals surface area contributed by atoms with E-state index in [4.69, 9.17) is 0 Å². The number of non-ortho nitro benzene ring substituents is 1. The molecule has 0 atom stereocenters. The summed E-state index contributed by atoms with van der Waals surface area (Å²) in [5.74, 6) is -0.958. The van der Waals surface area contributed by atoms with Crippen LogP contribution in [-0.2, 0) is 10.0 Å². The number of benzene rings is 1. The average Bonchev–Trinajstić information content (AvgIpc) is 2.68. The Kier molecular flexibility index (Phi) is 4.34. The maximum Gasteiger partial charge on any atom is 0.270 e. The van der Waals surface area contributed by atoms with Gasteiger partial charge in [0, 0.05) is 25.2 Å². The normalized spacial score (nSPS) is 17.6. The highest BCUT2D eigenvalue weighted by atomic mass is 32.2. The van der Waals surface area contributed by atoms with Crippen molar-refractivity contribution in [3.05, 3.63) is 34.1 Å². The van der Waals surface area contributed by atoms with Crippen molar-refractivity contribution in [3.63, 3.8) is 0 Å². The maximum absolute atomic E-state index is 13.8. The molecule has 0 spiro atoms. The SMILES string of the molecule is O=[N+]([O-])c1ccc(F)c(S(=O)(=O)N2CCCCCC2)c1. The minimum atomic E-state index is -4.02. The van der Waals surface area contributed by atoms with E-state index in [0.717, 1.165) is 43.9 Å². The van der Waals surface area contributed by atoms with Crippen LogP contribution in [0.5, 0.6) is 0 Å². The summed E-state index contributed by atoms with van der Waals surface area (Å²) < 4.78 is 39.8. The van der Waals surface area contributed by atoms with Gasteiger partial charge < -0.3 is 0 Å². The summed E-state index contributed by atoms with van der Waals surface area (Å²) in [5.41, 5.74) is -0.431. The molecule has 0 N–H and O–H groups in total. The van der Waals surface area contributed by atoms with Gasteiger partial charge in [0.15, 0.2) is 0 Å². The summed E-state index contributed by atoms with van der Waals surface area (Å²) in [6.07, 6.45) is 3.30. The van der Waals surface area contributed by atoms with Crippen LogP contribution >= 0.6 is 0 Å². The van der Waals surface area contributed by atoms with Crippen LogP contribution in [0.2, 0.25) is 0 Å². The lowest BCUT2D eigenvalue weighted by Gasteiger charge is -2.20. The monoisotopic (exact) mass is 302 g/mol. The molecule has 0 saturated carbocycles. The van der Waals surface area contributed by atoms with E-state index < -0.39 is 31.3 Å². The molecule has 110 valence electrons. The van der Waals surface area contributed by atoms with E-state index in [0.29, 0.717) is 13.1 Å². The third-order valence-electron chi connectivity index (χ3n) is 3.31. The van der Waals surface area contributed by atoms with Crippen LogP contribution in [0, 0.1) is 15.9 Å². The number of halogens is 1. The van der Waals surface area contributed by atoms with Gasteiger partial charge in [0.05, 0.1) is 4.92 Å². The van der Waals surface area contributed by atoms with E-state index >= 15 is 0 Å². The second-order valence-electron chi connectivity index (χ2n) is 4.69. The zero-order chi connectivity index (χ0) is 14.8. The molecule has 6 nitrogen and oxygen atoms in total. The molecule has 0 amide bonds.